The SMILES string of the molecule is CO[C@H]1O[C@H]([C@@H](CC[C@@H](OS(C)(=O)=O)[C@H]2O[C@H](OC)[C@H]3OC(C)(C)O[C@H]32)OS(C)(=O)=O)[C@@H]2OC(C)(C)O[C@H]12. The van der Waals surface area contributed by atoms with Crippen LogP contribution in [0.5, 0.6) is 0 Å². The van der Waals surface area contributed by atoms with E-state index in [-0.39, 0.29) is 12.8 Å². The molecule has 0 aromatic heterocycles. The fourth-order valence-corrected chi connectivity index (χ4v) is 6.78. The van der Waals surface area contributed by atoms with Crippen molar-refractivity contribution in [2.45, 2.75) is 114 Å². The first-order valence-electron chi connectivity index (χ1n) is 12.3. The normalized spacial score (nSPS) is 39.7. The molecule has 4 aliphatic rings. The fourth-order valence-electron chi connectivity index (χ4n) is 5.47. The Labute approximate surface area is 223 Å². The van der Waals surface area contributed by atoms with E-state index in [1.165, 1.54) is 14.2 Å². The number of methoxy groups -OCH3 is 2. The monoisotopic (exact) mass is 590 g/mol. The van der Waals surface area contributed by atoms with E-state index in [1.807, 2.05) is 0 Å². The Morgan fingerprint density at radius 2 is 0.947 bits per heavy atom. The van der Waals surface area contributed by atoms with Crippen LogP contribution in [0, 0.1) is 0 Å². The average molecular weight is 591 g/mol. The third-order valence-electron chi connectivity index (χ3n) is 6.62. The van der Waals surface area contributed by atoms with Gasteiger partial charge in [0.2, 0.25) is 0 Å². The molecule has 4 saturated heterocycles. The molecule has 0 radical (unpaired) electrons. The number of rotatable bonds is 11. The Balaban J connectivity index is 1.58. The standard InChI is InChI=1S/C22H38O14S2/c1-21(2)31-15-13(29-19(27-5)17(15)33-21)11(35-37(7,23)24)9-10-12(36-38(8,25)26)14-16-18(20(28-6)30-14)34-22(3,4)32-16/h11-20H,9-10H2,1-8H3/t11-,12-,13-,14-,15+,16+,17+,18+,19+,20+/m1/s1. The third kappa shape index (κ3) is 6.86. The van der Waals surface area contributed by atoms with Crippen molar-refractivity contribution >= 4 is 20.2 Å². The third-order valence-corrected chi connectivity index (χ3v) is 7.82. The van der Waals surface area contributed by atoms with Gasteiger partial charge in [0.15, 0.2) is 24.2 Å². The van der Waals surface area contributed by atoms with E-state index < -0.39 is 93.2 Å². The molecule has 4 fully saturated rings. The summed E-state index contributed by atoms with van der Waals surface area (Å²) in [5.41, 5.74) is 0. The number of fused-ring (bicyclic) bond motifs is 2. The van der Waals surface area contributed by atoms with Gasteiger partial charge in [-0.25, -0.2) is 0 Å². The van der Waals surface area contributed by atoms with Gasteiger partial charge in [0.05, 0.1) is 12.5 Å². The van der Waals surface area contributed by atoms with Gasteiger partial charge in [0, 0.05) is 14.2 Å². The molecule has 0 N–H and O–H groups in total. The van der Waals surface area contributed by atoms with E-state index in [0.29, 0.717) is 0 Å². The summed E-state index contributed by atoms with van der Waals surface area (Å²) in [6.45, 7) is 6.90. The topological polar surface area (TPSA) is 161 Å². The summed E-state index contributed by atoms with van der Waals surface area (Å²) in [7, 11) is -5.04. The van der Waals surface area contributed by atoms with Gasteiger partial charge >= 0.3 is 0 Å². The lowest BCUT2D eigenvalue weighted by Gasteiger charge is -2.31. The highest BCUT2D eigenvalue weighted by Crippen LogP contribution is 2.43. The van der Waals surface area contributed by atoms with Crippen molar-refractivity contribution in [3.63, 3.8) is 0 Å². The van der Waals surface area contributed by atoms with Crippen LogP contribution in [-0.2, 0) is 66.5 Å². The number of hydrogen-bond acceptors (Lipinski definition) is 14. The van der Waals surface area contributed by atoms with Gasteiger partial charge in [0.25, 0.3) is 20.2 Å². The van der Waals surface area contributed by atoms with E-state index in [0.717, 1.165) is 12.5 Å². The van der Waals surface area contributed by atoms with Crippen molar-refractivity contribution < 1.29 is 63.1 Å². The molecule has 222 valence electrons. The molecule has 0 aliphatic carbocycles. The summed E-state index contributed by atoms with van der Waals surface area (Å²) < 4.78 is 106. The molecule has 38 heavy (non-hydrogen) atoms. The zero-order chi connectivity index (χ0) is 28.3. The van der Waals surface area contributed by atoms with Gasteiger partial charge in [-0.15, -0.1) is 0 Å². The van der Waals surface area contributed by atoms with Crippen molar-refractivity contribution in [1.82, 2.24) is 0 Å². The van der Waals surface area contributed by atoms with Crippen LogP contribution in [0.1, 0.15) is 40.5 Å². The van der Waals surface area contributed by atoms with E-state index >= 15 is 0 Å². The Bertz CT molecular complexity index is 976. The second-order valence-corrected chi connectivity index (χ2v) is 14.0. The Hall–Kier alpha value is -0.500. The number of hydrogen-bond donors (Lipinski definition) is 0. The van der Waals surface area contributed by atoms with Crippen molar-refractivity contribution in [2.75, 3.05) is 26.7 Å². The highest BCUT2D eigenvalue weighted by Gasteiger charge is 2.60. The lowest BCUT2D eigenvalue weighted by atomic mass is 9.97. The smallest absolute Gasteiger partial charge is 0.264 e. The van der Waals surface area contributed by atoms with Gasteiger partial charge in [-0.2, -0.15) is 16.8 Å². The van der Waals surface area contributed by atoms with Crippen LogP contribution in [0.4, 0.5) is 0 Å². The van der Waals surface area contributed by atoms with Crippen LogP contribution in [0.3, 0.4) is 0 Å². The molecule has 0 saturated carbocycles. The molecule has 0 unspecified atom stereocenters. The van der Waals surface area contributed by atoms with Crippen LogP contribution in [0.25, 0.3) is 0 Å². The molecular formula is C22H38O14S2. The quantitative estimate of drug-likeness (QED) is 0.301. The average Bonchev–Trinajstić information content (AvgIpc) is 3.44. The van der Waals surface area contributed by atoms with Crippen molar-refractivity contribution in [2.24, 2.45) is 0 Å². The van der Waals surface area contributed by atoms with Crippen LogP contribution >= 0.6 is 0 Å². The summed E-state index contributed by atoms with van der Waals surface area (Å²) in [6, 6.07) is 0. The molecule has 0 aromatic rings. The summed E-state index contributed by atoms with van der Waals surface area (Å²) in [4.78, 5) is 0. The molecule has 0 bridgehead atoms. The predicted octanol–water partition coefficient (Wildman–Crippen LogP) is 0.239. The van der Waals surface area contributed by atoms with Gasteiger partial charge in [-0.3, -0.25) is 8.37 Å². The molecule has 4 rings (SSSR count). The first-order chi connectivity index (χ1) is 17.4. The maximum Gasteiger partial charge on any atom is 0.264 e. The molecule has 4 aliphatic heterocycles. The lowest BCUT2D eigenvalue weighted by Crippen LogP contribution is -2.44. The Morgan fingerprint density at radius 3 is 1.24 bits per heavy atom. The van der Waals surface area contributed by atoms with Crippen LogP contribution < -0.4 is 0 Å². The van der Waals surface area contributed by atoms with Gasteiger partial charge < -0.3 is 37.9 Å². The largest absolute Gasteiger partial charge is 0.353 e. The van der Waals surface area contributed by atoms with Crippen molar-refractivity contribution in [3.05, 3.63) is 0 Å². The van der Waals surface area contributed by atoms with Crippen molar-refractivity contribution in [3.8, 4) is 0 Å². The first kappa shape index (κ1) is 30.5. The minimum atomic E-state index is -3.96. The molecular weight excluding hydrogens is 552 g/mol. The Kier molecular flexibility index (Phi) is 8.59. The fraction of sp³-hybridized carbons (Fsp3) is 1.00. The maximum absolute atomic E-state index is 12.2. The van der Waals surface area contributed by atoms with Crippen LogP contribution in [-0.4, -0.2) is 117 Å². The molecule has 0 amide bonds. The molecule has 4 heterocycles. The van der Waals surface area contributed by atoms with Gasteiger partial charge in [-0.05, 0) is 40.5 Å². The molecule has 0 aromatic carbocycles. The van der Waals surface area contributed by atoms with Crippen LogP contribution in [0.15, 0.2) is 0 Å². The zero-order valence-corrected chi connectivity index (χ0v) is 24.4. The second kappa shape index (κ2) is 10.7. The zero-order valence-electron chi connectivity index (χ0n) is 22.7. The minimum Gasteiger partial charge on any atom is -0.353 e. The van der Waals surface area contributed by atoms with Crippen molar-refractivity contribution in [1.29, 1.82) is 0 Å². The first-order valence-corrected chi connectivity index (χ1v) is 15.9. The molecule has 10 atom stereocenters. The molecule has 14 nitrogen and oxygen atoms in total. The van der Waals surface area contributed by atoms with E-state index in [2.05, 4.69) is 0 Å². The highest BCUT2D eigenvalue weighted by molar-refractivity contribution is 7.86. The van der Waals surface area contributed by atoms with Gasteiger partial charge in [-0.1, -0.05) is 0 Å². The summed E-state index contributed by atoms with van der Waals surface area (Å²) in [6.07, 6.45) is -6.49. The van der Waals surface area contributed by atoms with Gasteiger partial charge in [0.1, 0.15) is 48.8 Å². The maximum atomic E-state index is 12.2. The summed E-state index contributed by atoms with van der Waals surface area (Å²) in [5.74, 6) is -1.92. The van der Waals surface area contributed by atoms with E-state index in [9.17, 15) is 16.8 Å². The molecule has 16 heteroatoms. The lowest BCUT2D eigenvalue weighted by molar-refractivity contribution is -0.238. The van der Waals surface area contributed by atoms with Crippen LogP contribution in [0.2, 0.25) is 0 Å². The highest BCUT2D eigenvalue weighted by atomic mass is 32.2. The summed E-state index contributed by atoms with van der Waals surface area (Å²) >= 11 is 0. The Morgan fingerprint density at radius 1 is 0.632 bits per heavy atom. The predicted molar refractivity (Wildman–Crippen MR) is 128 cm³/mol. The number of ether oxygens (including phenoxy) is 8. The minimum absolute atomic E-state index is 0.0134. The van der Waals surface area contributed by atoms with E-state index in [1.54, 1.807) is 27.7 Å². The van der Waals surface area contributed by atoms with E-state index in [4.69, 9.17) is 46.3 Å². The summed E-state index contributed by atoms with van der Waals surface area (Å²) in [5, 5.41) is 0. The molecule has 0 spiro atoms. The second-order valence-electron chi connectivity index (χ2n) is 10.8.